The molecule has 0 saturated carbocycles. The van der Waals surface area contributed by atoms with E-state index in [0.717, 1.165) is 46.7 Å². The van der Waals surface area contributed by atoms with Gasteiger partial charge in [-0.25, -0.2) is 9.97 Å². The standard InChI is InChI=1S/C16H18ClN3S/c1-2-7-18-16-12-9-21-10-14(12)19-15(20-16)8-11-5-3-4-6-13(11)17/h3-6H,2,7-10H2,1H3,(H,18,19,20). The fraction of sp³-hybridized carbons (Fsp3) is 0.375. The van der Waals surface area contributed by atoms with Crippen molar-refractivity contribution in [3.8, 4) is 0 Å². The second kappa shape index (κ2) is 6.67. The minimum atomic E-state index is 0.679. The van der Waals surface area contributed by atoms with Gasteiger partial charge in [-0.15, -0.1) is 0 Å². The van der Waals surface area contributed by atoms with E-state index in [2.05, 4.69) is 12.2 Å². The van der Waals surface area contributed by atoms with Gasteiger partial charge in [0.2, 0.25) is 0 Å². The van der Waals surface area contributed by atoms with E-state index in [1.165, 1.54) is 11.3 Å². The molecule has 0 unspecified atom stereocenters. The van der Waals surface area contributed by atoms with Gasteiger partial charge in [0.1, 0.15) is 11.6 Å². The SMILES string of the molecule is CCCNc1nc(Cc2ccccc2Cl)nc2c1CSC2. The number of thioether (sulfide) groups is 1. The van der Waals surface area contributed by atoms with E-state index in [1.54, 1.807) is 0 Å². The highest BCUT2D eigenvalue weighted by atomic mass is 35.5. The van der Waals surface area contributed by atoms with E-state index >= 15 is 0 Å². The van der Waals surface area contributed by atoms with Crippen LogP contribution in [-0.2, 0) is 17.9 Å². The molecule has 0 atom stereocenters. The summed E-state index contributed by atoms with van der Waals surface area (Å²) < 4.78 is 0. The number of hydrogen-bond acceptors (Lipinski definition) is 4. The number of benzene rings is 1. The summed E-state index contributed by atoms with van der Waals surface area (Å²) in [5, 5.41) is 4.21. The molecule has 0 amide bonds. The van der Waals surface area contributed by atoms with Crippen LogP contribution in [0.4, 0.5) is 5.82 Å². The topological polar surface area (TPSA) is 37.8 Å². The Kier molecular flexibility index (Phi) is 4.66. The fourth-order valence-corrected chi connectivity index (χ4v) is 3.63. The van der Waals surface area contributed by atoms with Crippen LogP contribution in [0.15, 0.2) is 24.3 Å². The lowest BCUT2D eigenvalue weighted by Crippen LogP contribution is -2.10. The number of nitrogens with one attached hydrogen (secondary N) is 1. The van der Waals surface area contributed by atoms with Crippen LogP contribution in [0.3, 0.4) is 0 Å². The molecule has 1 aliphatic heterocycles. The fourth-order valence-electron chi connectivity index (χ4n) is 2.38. The molecule has 1 aromatic heterocycles. The predicted molar refractivity (Wildman–Crippen MR) is 90.1 cm³/mol. The first-order chi connectivity index (χ1) is 10.3. The van der Waals surface area contributed by atoms with Crippen LogP contribution in [0, 0.1) is 0 Å². The zero-order chi connectivity index (χ0) is 14.7. The van der Waals surface area contributed by atoms with E-state index in [1.807, 2.05) is 36.0 Å². The molecule has 0 bridgehead atoms. The van der Waals surface area contributed by atoms with Gasteiger partial charge in [0, 0.05) is 35.1 Å². The molecule has 0 spiro atoms. The normalized spacial score (nSPS) is 13.2. The Bertz CT molecular complexity index is 645. The van der Waals surface area contributed by atoms with Crippen LogP contribution in [-0.4, -0.2) is 16.5 Å². The Labute approximate surface area is 134 Å². The van der Waals surface area contributed by atoms with Gasteiger partial charge < -0.3 is 5.32 Å². The zero-order valence-corrected chi connectivity index (χ0v) is 13.6. The molecule has 3 nitrogen and oxygen atoms in total. The van der Waals surface area contributed by atoms with Crippen LogP contribution < -0.4 is 5.32 Å². The van der Waals surface area contributed by atoms with Crippen molar-refractivity contribution in [1.29, 1.82) is 0 Å². The third-order valence-electron chi connectivity index (χ3n) is 3.47. The predicted octanol–water partition coefficient (Wildman–Crippen LogP) is 4.29. The molecule has 3 rings (SSSR count). The van der Waals surface area contributed by atoms with Gasteiger partial charge in [-0.1, -0.05) is 36.7 Å². The molecule has 1 aliphatic rings. The third-order valence-corrected chi connectivity index (χ3v) is 4.81. The van der Waals surface area contributed by atoms with Gasteiger partial charge in [-0.2, -0.15) is 11.8 Å². The van der Waals surface area contributed by atoms with Crippen LogP contribution in [0.25, 0.3) is 0 Å². The van der Waals surface area contributed by atoms with Crippen LogP contribution in [0.2, 0.25) is 5.02 Å². The molecule has 2 heterocycles. The Hall–Kier alpha value is -1.26. The number of fused-ring (bicyclic) bond motifs is 1. The highest BCUT2D eigenvalue weighted by Gasteiger charge is 2.19. The van der Waals surface area contributed by atoms with Gasteiger partial charge in [-0.3, -0.25) is 0 Å². The maximum atomic E-state index is 6.24. The molecule has 0 fully saturated rings. The Morgan fingerprint density at radius 2 is 2.10 bits per heavy atom. The van der Waals surface area contributed by atoms with Gasteiger partial charge >= 0.3 is 0 Å². The quantitative estimate of drug-likeness (QED) is 0.892. The van der Waals surface area contributed by atoms with E-state index in [0.29, 0.717) is 6.42 Å². The number of halogens is 1. The summed E-state index contributed by atoms with van der Waals surface area (Å²) in [7, 11) is 0. The largest absolute Gasteiger partial charge is 0.370 e. The Morgan fingerprint density at radius 3 is 2.90 bits per heavy atom. The Balaban J connectivity index is 1.90. The van der Waals surface area contributed by atoms with Crippen molar-refractivity contribution in [3.05, 3.63) is 51.9 Å². The number of hydrogen-bond donors (Lipinski definition) is 1. The van der Waals surface area contributed by atoms with E-state index in [9.17, 15) is 0 Å². The summed E-state index contributed by atoms with van der Waals surface area (Å²) >= 11 is 8.14. The molecule has 1 N–H and O–H groups in total. The second-order valence-electron chi connectivity index (χ2n) is 5.10. The minimum absolute atomic E-state index is 0.679. The summed E-state index contributed by atoms with van der Waals surface area (Å²) in [4.78, 5) is 9.45. The maximum Gasteiger partial charge on any atom is 0.135 e. The minimum Gasteiger partial charge on any atom is -0.370 e. The average molecular weight is 320 g/mol. The average Bonchev–Trinajstić information content (AvgIpc) is 2.95. The zero-order valence-electron chi connectivity index (χ0n) is 12.0. The van der Waals surface area contributed by atoms with Crippen molar-refractivity contribution in [3.63, 3.8) is 0 Å². The summed E-state index contributed by atoms with van der Waals surface area (Å²) in [6, 6.07) is 7.89. The van der Waals surface area contributed by atoms with Crippen LogP contribution in [0.1, 0.15) is 36.0 Å². The first-order valence-corrected chi connectivity index (χ1v) is 8.75. The molecule has 110 valence electrons. The lowest BCUT2D eigenvalue weighted by Gasteiger charge is -2.11. The summed E-state index contributed by atoms with van der Waals surface area (Å²) in [6.07, 6.45) is 1.77. The van der Waals surface area contributed by atoms with Crippen molar-refractivity contribution < 1.29 is 0 Å². The molecule has 0 saturated heterocycles. The first kappa shape index (κ1) is 14.7. The molecule has 2 aromatic rings. The van der Waals surface area contributed by atoms with Gasteiger partial charge in [0.15, 0.2) is 0 Å². The molecular formula is C16H18ClN3S. The first-order valence-electron chi connectivity index (χ1n) is 7.21. The maximum absolute atomic E-state index is 6.24. The summed E-state index contributed by atoms with van der Waals surface area (Å²) in [5.74, 6) is 3.85. The smallest absolute Gasteiger partial charge is 0.135 e. The van der Waals surface area contributed by atoms with Crippen LogP contribution in [0.5, 0.6) is 0 Å². The van der Waals surface area contributed by atoms with Crippen LogP contribution >= 0.6 is 23.4 Å². The molecule has 21 heavy (non-hydrogen) atoms. The van der Waals surface area contributed by atoms with Gasteiger partial charge in [0.25, 0.3) is 0 Å². The molecule has 5 heteroatoms. The van der Waals surface area contributed by atoms with Crippen molar-refractivity contribution in [2.45, 2.75) is 31.3 Å². The van der Waals surface area contributed by atoms with Crippen molar-refractivity contribution >= 4 is 29.2 Å². The molecule has 0 radical (unpaired) electrons. The summed E-state index contributed by atoms with van der Waals surface area (Å²) in [6.45, 7) is 3.10. The number of aromatic nitrogens is 2. The van der Waals surface area contributed by atoms with Crippen molar-refractivity contribution in [1.82, 2.24) is 9.97 Å². The monoisotopic (exact) mass is 319 g/mol. The number of nitrogens with zero attached hydrogens (tertiary/aromatic N) is 2. The van der Waals surface area contributed by atoms with Crippen molar-refractivity contribution in [2.75, 3.05) is 11.9 Å². The van der Waals surface area contributed by atoms with Gasteiger partial charge in [-0.05, 0) is 18.1 Å². The summed E-state index contributed by atoms with van der Waals surface area (Å²) in [5.41, 5.74) is 3.53. The van der Waals surface area contributed by atoms with E-state index < -0.39 is 0 Å². The lowest BCUT2D eigenvalue weighted by molar-refractivity contribution is 0.905. The number of anilines is 1. The van der Waals surface area contributed by atoms with E-state index in [-0.39, 0.29) is 0 Å². The second-order valence-corrected chi connectivity index (χ2v) is 6.49. The highest BCUT2D eigenvalue weighted by Crippen LogP contribution is 2.33. The Morgan fingerprint density at radius 1 is 1.24 bits per heavy atom. The highest BCUT2D eigenvalue weighted by molar-refractivity contribution is 7.98. The molecule has 1 aromatic carbocycles. The van der Waals surface area contributed by atoms with Crippen molar-refractivity contribution in [2.24, 2.45) is 0 Å². The molecular weight excluding hydrogens is 302 g/mol. The molecule has 0 aliphatic carbocycles. The number of rotatable bonds is 5. The van der Waals surface area contributed by atoms with Gasteiger partial charge in [0.05, 0.1) is 5.69 Å². The third kappa shape index (κ3) is 3.33. The lowest BCUT2D eigenvalue weighted by atomic mass is 10.1. The van der Waals surface area contributed by atoms with E-state index in [4.69, 9.17) is 21.6 Å².